The number of hydrogen-bond acceptors (Lipinski definition) is 6. The number of piperazine rings is 1. The van der Waals surface area contributed by atoms with E-state index in [0.29, 0.717) is 18.6 Å². The molecule has 0 unspecified atom stereocenters. The molecule has 1 aromatic carbocycles. The van der Waals surface area contributed by atoms with Crippen LogP contribution in [0.3, 0.4) is 0 Å². The van der Waals surface area contributed by atoms with Gasteiger partial charge in [0, 0.05) is 48.6 Å². The van der Waals surface area contributed by atoms with Crippen molar-refractivity contribution in [2.45, 2.75) is 24.4 Å². The van der Waals surface area contributed by atoms with Gasteiger partial charge in [0.15, 0.2) is 0 Å². The van der Waals surface area contributed by atoms with E-state index in [0.717, 1.165) is 6.07 Å². The summed E-state index contributed by atoms with van der Waals surface area (Å²) in [4.78, 5) is 1.88. The van der Waals surface area contributed by atoms with Gasteiger partial charge < -0.3 is 15.7 Å². The molecule has 0 radical (unpaired) electrons. The first kappa shape index (κ1) is 28.1. The Morgan fingerprint density at radius 2 is 1.67 bits per heavy atom. The zero-order valence-corrected chi connectivity index (χ0v) is 20.2. The molecular formula is C22H21F6N3O3S2. The van der Waals surface area contributed by atoms with Crippen LogP contribution in [0.4, 0.5) is 32.0 Å². The second-order valence-electron chi connectivity index (χ2n) is 7.92. The van der Waals surface area contributed by atoms with Crippen molar-refractivity contribution in [1.29, 1.82) is 0 Å². The van der Waals surface area contributed by atoms with E-state index in [2.05, 4.69) is 11.8 Å². The lowest BCUT2D eigenvalue weighted by Gasteiger charge is -2.37. The summed E-state index contributed by atoms with van der Waals surface area (Å²) in [6.07, 6.45) is -7.05. The molecule has 1 heterocycles. The van der Waals surface area contributed by atoms with Crippen molar-refractivity contribution in [2.24, 2.45) is 5.73 Å². The van der Waals surface area contributed by atoms with Gasteiger partial charge in [0.25, 0.3) is 5.60 Å². The van der Waals surface area contributed by atoms with E-state index in [1.165, 1.54) is 10.4 Å². The summed E-state index contributed by atoms with van der Waals surface area (Å²) in [7, 11) is -3.88. The molecule has 3 N–H and O–H groups in total. The van der Waals surface area contributed by atoms with Gasteiger partial charge in [0.1, 0.15) is 0 Å². The predicted octanol–water partition coefficient (Wildman–Crippen LogP) is 2.97. The van der Waals surface area contributed by atoms with E-state index >= 15 is 0 Å². The third-order valence-corrected chi connectivity index (χ3v) is 8.22. The van der Waals surface area contributed by atoms with Crippen molar-refractivity contribution in [1.82, 2.24) is 4.31 Å². The summed E-state index contributed by atoms with van der Waals surface area (Å²) in [5, 5.41) is 9.75. The van der Waals surface area contributed by atoms with Gasteiger partial charge >= 0.3 is 12.4 Å². The number of allylic oxidation sites excluding steroid dienone is 4. The SMILES string of the molecule is NCC#Cc1cc(C(O)(C(F)(F)F)C(F)(F)F)ccc1N1CCN(S(=O)(=O)C2=CC=CCC2=S)CC1. The Bertz CT molecular complexity index is 1240. The third kappa shape index (κ3) is 5.16. The van der Waals surface area contributed by atoms with E-state index in [9.17, 15) is 39.9 Å². The summed E-state index contributed by atoms with van der Waals surface area (Å²) in [5.41, 5.74) is -1.27. The number of benzene rings is 1. The highest BCUT2D eigenvalue weighted by Gasteiger charge is 2.71. The van der Waals surface area contributed by atoms with E-state index in [-0.39, 0.29) is 53.7 Å². The number of hydrogen-bond donors (Lipinski definition) is 2. The number of halogens is 6. The number of sulfonamides is 1. The number of nitrogens with two attached hydrogens (primary N) is 1. The summed E-state index contributed by atoms with van der Waals surface area (Å²) in [6, 6.07) is 2.05. The lowest BCUT2D eigenvalue weighted by molar-refractivity contribution is -0.376. The minimum Gasteiger partial charge on any atom is -0.369 e. The normalized spacial score (nSPS) is 18.1. The van der Waals surface area contributed by atoms with Crippen LogP contribution in [0.15, 0.2) is 41.3 Å². The summed E-state index contributed by atoms with van der Waals surface area (Å²) >= 11 is 5.15. The second kappa shape index (κ2) is 10.1. The summed E-state index contributed by atoms with van der Waals surface area (Å²) in [5.74, 6) is 4.85. The highest BCUT2D eigenvalue weighted by atomic mass is 32.2. The highest BCUT2D eigenvalue weighted by molar-refractivity contribution is 7.96. The van der Waals surface area contributed by atoms with Crippen molar-refractivity contribution in [2.75, 3.05) is 37.6 Å². The number of alkyl halides is 6. The lowest BCUT2D eigenvalue weighted by atomic mass is 9.90. The van der Waals surface area contributed by atoms with Crippen molar-refractivity contribution >= 4 is 32.8 Å². The van der Waals surface area contributed by atoms with Gasteiger partial charge in [0.2, 0.25) is 10.0 Å². The second-order valence-corrected chi connectivity index (χ2v) is 10.3. The molecule has 196 valence electrons. The van der Waals surface area contributed by atoms with Crippen LogP contribution < -0.4 is 10.6 Å². The molecule has 6 nitrogen and oxygen atoms in total. The maximum atomic E-state index is 13.3. The summed E-state index contributed by atoms with van der Waals surface area (Å²) in [6.45, 7) is -0.0792. The molecule has 1 saturated heterocycles. The average molecular weight is 554 g/mol. The summed E-state index contributed by atoms with van der Waals surface area (Å²) < 4.78 is 107. The molecule has 1 fully saturated rings. The number of nitrogens with zero attached hydrogens (tertiary/aromatic N) is 2. The van der Waals surface area contributed by atoms with Crippen LogP contribution in [0, 0.1) is 11.8 Å². The Morgan fingerprint density at radius 3 is 2.19 bits per heavy atom. The molecule has 0 aromatic heterocycles. The molecule has 3 rings (SSSR count). The molecule has 1 aliphatic heterocycles. The maximum absolute atomic E-state index is 13.3. The molecule has 1 aliphatic carbocycles. The van der Waals surface area contributed by atoms with Crippen LogP contribution in [0.2, 0.25) is 0 Å². The van der Waals surface area contributed by atoms with Crippen LogP contribution >= 0.6 is 12.2 Å². The topological polar surface area (TPSA) is 86.9 Å². The standard InChI is InChI=1S/C22H21F6N3O3S2/c23-21(24,25)20(32,22(26,27)28)16-7-8-17(15(14-16)4-3-9-29)30-10-12-31(13-11-30)36(33,34)19-6-2-1-5-18(19)35/h1-2,6-8,14,32H,5,9-13,29H2. The fraction of sp³-hybridized carbons (Fsp3) is 0.409. The molecular weight excluding hydrogens is 532 g/mol. The van der Waals surface area contributed by atoms with E-state index in [4.69, 9.17) is 18.0 Å². The highest BCUT2D eigenvalue weighted by Crippen LogP contribution is 2.50. The van der Waals surface area contributed by atoms with Crippen molar-refractivity contribution in [3.8, 4) is 11.8 Å². The Labute approximate surface area is 209 Å². The van der Waals surface area contributed by atoms with Crippen LogP contribution in [0.1, 0.15) is 17.5 Å². The van der Waals surface area contributed by atoms with Crippen LogP contribution in [0.5, 0.6) is 0 Å². The Kier molecular flexibility index (Phi) is 7.92. The van der Waals surface area contributed by atoms with Crippen LogP contribution in [-0.4, -0.2) is 67.8 Å². The Morgan fingerprint density at radius 1 is 1.06 bits per heavy atom. The van der Waals surface area contributed by atoms with E-state index in [1.54, 1.807) is 17.1 Å². The quantitative estimate of drug-likeness (QED) is 0.339. The number of rotatable bonds is 4. The minimum absolute atomic E-state index is 0.00739. The number of anilines is 1. The van der Waals surface area contributed by atoms with E-state index < -0.39 is 33.5 Å². The molecule has 0 bridgehead atoms. The van der Waals surface area contributed by atoms with Gasteiger partial charge in [0.05, 0.1) is 17.1 Å². The number of aliphatic hydroxyl groups is 1. The predicted molar refractivity (Wildman–Crippen MR) is 126 cm³/mol. The van der Waals surface area contributed by atoms with Gasteiger partial charge in [-0.2, -0.15) is 30.6 Å². The average Bonchev–Trinajstić information content (AvgIpc) is 2.81. The first-order chi connectivity index (χ1) is 16.6. The maximum Gasteiger partial charge on any atom is 0.430 e. The lowest BCUT2D eigenvalue weighted by Crippen LogP contribution is -2.54. The van der Waals surface area contributed by atoms with Gasteiger partial charge in [-0.05, 0) is 18.2 Å². The Balaban J connectivity index is 1.93. The largest absolute Gasteiger partial charge is 0.430 e. The fourth-order valence-corrected chi connectivity index (χ4v) is 5.86. The van der Waals surface area contributed by atoms with E-state index in [1.807, 2.05) is 0 Å². The van der Waals surface area contributed by atoms with Gasteiger partial charge in [-0.3, -0.25) is 0 Å². The molecule has 36 heavy (non-hydrogen) atoms. The van der Waals surface area contributed by atoms with Crippen molar-refractivity contribution in [3.05, 3.63) is 52.5 Å². The molecule has 0 atom stereocenters. The monoisotopic (exact) mass is 553 g/mol. The van der Waals surface area contributed by atoms with Crippen molar-refractivity contribution < 1.29 is 39.9 Å². The first-order valence-corrected chi connectivity index (χ1v) is 12.3. The van der Waals surface area contributed by atoms with Gasteiger partial charge in [-0.25, -0.2) is 8.42 Å². The molecule has 0 amide bonds. The van der Waals surface area contributed by atoms with Gasteiger partial charge in [-0.15, -0.1) is 0 Å². The molecule has 0 saturated carbocycles. The molecule has 2 aliphatic rings. The smallest absolute Gasteiger partial charge is 0.369 e. The number of thiocarbonyl (C=S) groups is 1. The zero-order chi connectivity index (χ0) is 26.9. The fourth-order valence-electron chi connectivity index (χ4n) is 3.83. The first-order valence-electron chi connectivity index (χ1n) is 10.5. The van der Waals surface area contributed by atoms with Crippen molar-refractivity contribution in [3.63, 3.8) is 0 Å². The van der Waals surface area contributed by atoms with Crippen LogP contribution in [-0.2, 0) is 15.6 Å². The van der Waals surface area contributed by atoms with Crippen LogP contribution in [0.25, 0.3) is 0 Å². The molecule has 0 spiro atoms. The minimum atomic E-state index is -6.05. The van der Waals surface area contributed by atoms with Gasteiger partial charge in [-0.1, -0.05) is 42.3 Å². The Hall–Kier alpha value is -2.44. The third-order valence-electron chi connectivity index (χ3n) is 5.72. The molecule has 1 aromatic rings. The molecule has 14 heteroatoms. The zero-order valence-electron chi connectivity index (χ0n) is 18.5.